The van der Waals surface area contributed by atoms with Gasteiger partial charge in [0.1, 0.15) is 11.3 Å². The summed E-state index contributed by atoms with van der Waals surface area (Å²) in [5, 5.41) is 9.54. The quantitative estimate of drug-likeness (QED) is 0.739. The average Bonchev–Trinajstić information content (AvgIpc) is 2.44. The van der Waals surface area contributed by atoms with Crippen LogP contribution < -0.4 is 4.74 Å². The molecule has 5 heteroatoms. The normalized spacial score (nSPS) is 13.3. The van der Waals surface area contributed by atoms with Crippen LogP contribution in [0.1, 0.15) is 25.8 Å². The van der Waals surface area contributed by atoms with Crippen LogP contribution in [0.2, 0.25) is 0 Å². The second kappa shape index (κ2) is 6.93. The molecule has 0 bridgehead atoms. The summed E-state index contributed by atoms with van der Waals surface area (Å²) in [7, 11) is 1.54. The highest BCUT2D eigenvalue weighted by Gasteiger charge is 2.39. The molecule has 1 unspecified atom stereocenters. The van der Waals surface area contributed by atoms with Gasteiger partial charge in [-0.1, -0.05) is 25.1 Å². The van der Waals surface area contributed by atoms with Crippen LogP contribution >= 0.6 is 0 Å². The number of amides is 1. The Morgan fingerprint density at radius 1 is 1.45 bits per heavy atom. The molecule has 0 aromatic heterocycles. The minimum absolute atomic E-state index is 0.199. The number of nitrogens with zero attached hydrogens (tertiary/aromatic N) is 1. The second-order valence-corrected chi connectivity index (χ2v) is 4.87. The Balaban J connectivity index is 3.14. The van der Waals surface area contributed by atoms with Crippen LogP contribution in [-0.4, -0.2) is 41.6 Å². The fourth-order valence-electron chi connectivity index (χ4n) is 2.18. The van der Waals surface area contributed by atoms with Gasteiger partial charge < -0.3 is 14.7 Å². The maximum Gasteiger partial charge on any atom is 0.329 e. The summed E-state index contributed by atoms with van der Waals surface area (Å²) in [5.74, 6) is -0.397. The molecule has 1 amide bonds. The van der Waals surface area contributed by atoms with Gasteiger partial charge in [-0.15, -0.1) is 0 Å². The monoisotopic (exact) mass is 279 g/mol. The zero-order chi connectivity index (χ0) is 15.2. The lowest BCUT2D eigenvalue weighted by atomic mass is 9.90. The highest BCUT2D eigenvalue weighted by Crippen LogP contribution is 2.26. The number of carbonyl (C=O) groups is 2. The molecule has 1 rings (SSSR count). The Bertz CT molecular complexity index is 475. The topological polar surface area (TPSA) is 66.8 Å². The third-order valence-electron chi connectivity index (χ3n) is 3.41. The number of hydrogen-bond acceptors (Lipinski definition) is 3. The fraction of sp³-hybridized carbons (Fsp3) is 0.467. The fourth-order valence-corrected chi connectivity index (χ4v) is 2.18. The predicted molar refractivity (Wildman–Crippen MR) is 75.8 cm³/mol. The molecule has 110 valence electrons. The summed E-state index contributed by atoms with van der Waals surface area (Å²) in [6.07, 6.45) is 1.51. The van der Waals surface area contributed by atoms with Gasteiger partial charge in [-0.25, -0.2) is 4.79 Å². The van der Waals surface area contributed by atoms with Crippen LogP contribution in [0, 0.1) is 0 Å². The van der Waals surface area contributed by atoms with Crippen LogP contribution in [-0.2, 0) is 16.0 Å². The maximum atomic E-state index is 11.7. The zero-order valence-electron chi connectivity index (χ0n) is 12.1. The molecule has 1 atom stereocenters. The van der Waals surface area contributed by atoms with Gasteiger partial charge >= 0.3 is 5.97 Å². The van der Waals surface area contributed by atoms with Crippen molar-refractivity contribution in [2.45, 2.75) is 32.2 Å². The van der Waals surface area contributed by atoms with Gasteiger partial charge in [0.05, 0.1) is 7.11 Å². The number of ether oxygens (including phenoxy) is 1. The van der Waals surface area contributed by atoms with E-state index in [9.17, 15) is 14.7 Å². The van der Waals surface area contributed by atoms with Crippen LogP contribution in [0.4, 0.5) is 0 Å². The molecule has 0 spiro atoms. The molecule has 0 saturated carbocycles. The van der Waals surface area contributed by atoms with Gasteiger partial charge in [-0.3, -0.25) is 4.79 Å². The molecule has 0 aliphatic carbocycles. The van der Waals surface area contributed by atoms with Crippen molar-refractivity contribution in [3.05, 3.63) is 29.8 Å². The van der Waals surface area contributed by atoms with E-state index in [1.807, 2.05) is 25.1 Å². The minimum atomic E-state index is -1.29. The number of carboxylic acid groups (broad SMARTS) is 1. The Labute approximate surface area is 119 Å². The molecule has 1 aromatic rings. The first kappa shape index (κ1) is 16.0. The lowest BCUT2D eigenvalue weighted by Crippen LogP contribution is -2.53. The van der Waals surface area contributed by atoms with Gasteiger partial charge in [0.15, 0.2) is 0 Å². The first-order valence-electron chi connectivity index (χ1n) is 6.57. The van der Waals surface area contributed by atoms with E-state index in [1.165, 1.54) is 4.90 Å². The number of hydrogen-bond donors (Lipinski definition) is 1. The number of benzene rings is 1. The van der Waals surface area contributed by atoms with Crippen molar-refractivity contribution in [2.24, 2.45) is 0 Å². The third-order valence-corrected chi connectivity index (χ3v) is 3.41. The number of aliphatic carboxylic acids is 1. The van der Waals surface area contributed by atoms with E-state index < -0.39 is 11.5 Å². The van der Waals surface area contributed by atoms with E-state index in [-0.39, 0.29) is 6.42 Å². The van der Waals surface area contributed by atoms with Crippen molar-refractivity contribution in [3.8, 4) is 5.75 Å². The molecule has 5 nitrogen and oxygen atoms in total. The minimum Gasteiger partial charge on any atom is -0.496 e. The van der Waals surface area contributed by atoms with E-state index >= 15 is 0 Å². The van der Waals surface area contributed by atoms with E-state index in [4.69, 9.17) is 4.74 Å². The predicted octanol–water partition coefficient (Wildman–Crippen LogP) is 1.95. The molecule has 20 heavy (non-hydrogen) atoms. The third kappa shape index (κ3) is 3.29. The van der Waals surface area contributed by atoms with E-state index in [1.54, 1.807) is 20.1 Å². The highest BCUT2D eigenvalue weighted by molar-refractivity contribution is 5.81. The molecule has 0 aliphatic rings. The Hall–Kier alpha value is -2.04. The Kier molecular flexibility index (Phi) is 5.55. The molecule has 0 radical (unpaired) electrons. The molecular formula is C15H21NO4. The van der Waals surface area contributed by atoms with Gasteiger partial charge in [-0.2, -0.15) is 0 Å². The van der Waals surface area contributed by atoms with Crippen molar-refractivity contribution < 1.29 is 19.4 Å². The van der Waals surface area contributed by atoms with Crippen molar-refractivity contribution in [3.63, 3.8) is 0 Å². The summed E-state index contributed by atoms with van der Waals surface area (Å²) in [4.78, 5) is 24.2. The largest absolute Gasteiger partial charge is 0.496 e. The summed E-state index contributed by atoms with van der Waals surface area (Å²) in [6.45, 7) is 3.87. The van der Waals surface area contributed by atoms with E-state index in [2.05, 4.69) is 0 Å². The number of carboxylic acids is 1. The molecule has 1 N–H and O–H groups in total. The van der Waals surface area contributed by atoms with Crippen molar-refractivity contribution in [1.82, 2.24) is 4.90 Å². The summed E-state index contributed by atoms with van der Waals surface area (Å²) in [6, 6.07) is 7.24. The van der Waals surface area contributed by atoms with Crippen molar-refractivity contribution in [2.75, 3.05) is 13.7 Å². The molecule has 0 saturated heterocycles. The van der Waals surface area contributed by atoms with E-state index in [0.29, 0.717) is 25.1 Å². The second-order valence-electron chi connectivity index (χ2n) is 4.87. The smallest absolute Gasteiger partial charge is 0.329 e. The van der Waals surface area contributed by atoms with Gasteiger partial charge in [0.25, 0.3) is 0 Å². The highest BCUT2D eigenvalue weighted by atomic mass is 16.5. The van der Waals surface area contributed by atoms with Gasteiger partial charge in [-0.05, 0) is 25.0 Å². The Morgan fingerprint density at radius 2 is 2.10 bits per heavy atom. The van der Waals surface area contributed by atoms with Crippen LogP contribution in [0.3, 0.4) is 0 Å². The summed E-state index contributed by atoms with van der Waals surface area (Å²) in [5.41, 5.74) is -0.519. The molecule has 1 aromatic carbocycles. The summed E-state index contributed by atoms with van der Waals surface area (Å²) < 4.78 is 5.24. The van der Waals surface area contributed by atoms with E-state index in [0.717, 1.165) is 5.56 Å². The van der Waals surface area contributed by atoms with Crippen molar-refractivity contribution in [1.29, 1.82) is 0 Å². The first-order valence-corrected chi connectivity index (χ1v) is 6.57. The van der Waals surface area contributed by atoms with Gasteiger partial charge in [0, 0.05) is 13.0 Å². The number of rotatable bonds is 8. The number of methoxy groups -OCH3 is 1. The van der Waals surface area contributed by atoms with Crippen LogP contribution in [0.15, 0.2) is 24.3 Å². The lowest BCUT2D eigenvalue weighted by molar-refractivity contribution is -0.154. The SMILES string of the molecule is CCCN(C=O)C(C)(Cc1ccccc1OC)C(=O)O. The number of para-hydroxylation sites is 1. The van der Waals surface area contributed by atoms with Crippen LogP contribution in [0.5, 0.6) is 5.75 Å². The molecule has 0 fully saturated rings. The maximum absolute atomic E-state index is 11.7. The molecule has 0 heterocycles. The number of carbonyl (C=O) groups excluding carboxylic acids is 1. The first-order chi connectivity index (χ1) is 9.49. The Morgan fingerprint density at radius 3 is 2.60 bits per heavy atom. The molecular weight excluding hydrogens is 258 g/mol. The van der Waals surface area contributed by atoms with Crippen LogP contribution in [0.25, 0.3) is 0 Å². The summed E-state index contributed by atoms with van der Waals surface area (Å²) >= 11 is 0. The van der Waals surface area contributed by atoms with Crippen molar-refractivity contribution >= 4 is 12.4 Å². The zero-order valence-corrected chi connectivity index (χ0v) is 12.1. The standard InChI is InChI=1S/C15H21NO4/c1-4-9-16(11-17)15(2,14(18)19)10-12-7-5-6-8-13(12)20-3/h5-8,11H,4,9-10H2,1-3H3,(H,18,19). The lowest BCUT2D eigenvalue weighted by Gasteiger charge is -2.35. The molecule has 0 aliphatic heterocycles. The van der Waals surface area contributed by atoms with Gasteiger partial charge in [0.2, 0.25) is 6.41 Å². The average molecular weight is 279 g/mol.